The Labute approximate surface area is 155 Å². The molecule has 0 bridgehead atoms. The Bertz CT molecular complexity index is 969. The van der Waals surface area contributed by atoms with Crippen molar-refractivity contribution in [3.63, 3.8) is 0 Å². The molecule has 0 aliphatic carbocycles. The lowest BCUT2D eigenvalue weighted by Gasteiger charge is -2.17. The average Bonchev–Trinajstić information content (AvgIpc) is 2.68. The van der Waals surface area contributed by atoms with Gasteiger partial charge in [-0.15, -0.1) is 11.8 Å². The number of nitrogens with one attached hydrogen (secondary N) is 2. The van der Waals surface area contributed by atoms with Crippen LogP contribution >= 0.6 is 11.8 Å². The minimum absolute atomic E-state index is 0.0449. The summed E-state index contributed by atoms with van der Waals surface area (Å²) in [5, 5.41) is 5.70. The van der Waals surface area contributed by atoms with Crippen molar-refractivity contribution in [2.75, 3.05) is 16.4 Å². The van der Waals surface area contributed by atoms with E-state index in [1.165, 1.54) is 11.8 Å². The zero-order valence-corrected chi connectivity index (χ0v) is 14.7. The largest absolute Gasteiger partial charge is 0.324 e. The number of hydrogen-bond donors (Lipinski definition) is 2. The van der Waals surface area contributed by atoms with E-state index in [4.69, 9.17) is 0 Å². The first-order chi connectivity index (χ1) is 12.7. The fourth-order valence-electron chi connectivity index (χ4n) is 2.80. The molecule has 0 atom stereocenters. The molecule has 3 aromatic rings. The van der Waals surface area contributed by atoms with E-state index in [1.807, 2.05) is 60.7 Å². The Morgan fingerprint density at radius 1 is 0.923 bits per heavy atom. The maximum atomic E-state index is 12.5. The van der Waals surface area contributed by atoms with Crippen LogP contribution in [0.4, 0.5) is 11.4 Å². The van der Waals surface area contributed by atoms with Gasteiger partial charge >= 0.3 is 0 Å². The van der Waals surface area contributed by atoms with Crippen LogP contribution in [-0.2, 0) is 4.79 Å². The molecule has 0 radical (unpaired) electrons. The molecular weight excluding hydrogens is 344 g/mol. The second-order valence-electron chi connectivity index (χ2n) is 5.95. The van der Waals surface area contributed by atoms with Crippen LogP contribution in [0.15, 0.2) is 77.7 Å². The van der Waals surface area contributed by atoms with Gasteiger partial charge in [-0.2, -0.15) is 0 Å². The highest BCUT2D eigenvalue weighted by atomic mass is 32.2. The Balaban J connectivity index is 1.50. The summed E-state index contributed by atoms with van der Waals surface area (Å²) in [7, 11) is 0. The topological polar surface area (TPSA) is 58.2 Å². The van der Waals surface area contributed by atoms with Gasteiger partial charge in [0, 0.05) is 16.1 Å². The van der Waals surface area contributed by atoms with Crippen molar-refractivity contribution in [3.05, 3.63) is 78.4 Å². The smallest absolute Gasteiger partial charge is 0.255 e. The first-order valence-corrected chi connectivity index (χ1v) is 9.21. The fraction of sp³-hybridized carbons (Fsp3) is 0.0476. The molecule has 1 heterocycles. The van der Waals surface area contributed by atoms with Crippen molar-refractivity contribution in [1.29, 1.82) is 0 Å². The fourth-order valence-corrected chi connectivity index (χ4v) is 3.59. The molecule has 26 heavy (non-hydrogen) atoms. The van der Waals surface area contributed by atoms with E-state index in [9.17, 15) is 9.59 Å². The molecule has 0 saturated carbocycles. The van der Waals surface area contributed by atoms with Crippen molar-refractivity contribution < 1.29 is 9.59 Å². The molecular formula is C21H16N2O2S. The molecule has 0 unspecified atom stereocenters. The van der Waals surface area contributed by atoms with E-state index in [2.05, 4.69) is 10.6 Å². The van der Waals surface area contributed by atoms with E-state index in [-0.39, 0.29) is 11.8 Å². The third kappa shape index (κ3) is 3.48. The van der Waals surface area contributed by atoms with Gasteiger partial charge in [0.15, 0.2) is 0 Å². The number of thioether (sulfide) groups is 1. The van der Waals surface area contributed by atoms with Crippen LogP contribution in [0.1, 0.15) is 10.4 Å². The second kappa shape index (κ2) is 7.06. The van der Waals surface area contributed by atoms with E-state index < -0.39 is 0 Å². The Hall–Kier alpha value is -3.05. The highest BCUT2D eigenvalue weighted by molar-refractivity contribution is 8.00. The number of carbonyl (C=O) groups is 2. The molecule has 2 amide bonds. The van der Waals surface area contributed by atoms with E-state index in [0.717, 1.165) is 21.7 Å². The lowest BCUT2D eigenvalue weighted by molar-refractivity contribution is -0.113. The van der Waals surface area contributed by atoms with E-state index in [0.29, 0.717) is 17.0 Å². The highest BCUT2D eigenvalue weighted by Gasteiger charge is 2.17. The van der Waals surface area contributed by atoms with Gasteiger partial charge in [0.2, 0.25) is 5.91 Å². The van der Waals surface area contributed by atoms with Crippen molar-refractivity contribution in [2.45, 2.75) is 4.90 Å². The quantitative estimate of drug-likeness (QED) is 0.715. The Morgan fingerprint density at radius 3 is 2.42 bits per heavy atom. The summed E-state index contributed by atoms with van der Waals surface area (Å²) in [4.78, 5) is 25.0. The molecule has 0 saturated heterocycles. The lowest BCUT2D eigenvalue weighted by Crippen LogP contribution is -2.19. The molecule has 1 aliphatic rings. The van der Waals surface area contributed by atoms with Crippen LogP contribution in [-0.4, -0.2) is 17.6 Å². The number of anilines is 2. The third-order valence-corrected chi connectivity index (χ3v) is 5.20. The molecule has 0 aromatic heterocycles. The van der Waals surface area contributed by atoms with Crippen molar-refractivity contribution in [1.82, 2.24) is 0 Å². The van der Waals surface area contributed by atoms with Crippen LogP contribution < -0.4 is 10.6 Å². The lowest BCUT2D eigenvalue weighted by atomic mass is 10.1. The van der Waals surface area contributed by atoms with Gasteiger partial charge < -0.3 is 10.6 Å². The Morgan fingerprint density at radius 2 is 1.65 bits per heavy atom. The van der Waals surface area contributed by atoms with Gasteiger partial charge in [-0.1, -0.05) is 42.5 Å². The summed E-state index contributed by atoms with van der Waals surface area (Å²) < 4.78 is 0. The van der Waals surface area contributed by atoms with Crippen LogP contribution in [0.3, 0.4) is 0 Å². The number of hydrogen-bond acceptors (Lipinski definition) is 3. The van der Waals surface area contributed by atoms with Gasteiger partial charge in [0.05, 0.1) is 11.4 Å². The van der Waals surface area contributed by atoms with Crippen LogP contribution in [0.2, 0.25) is 0 Å². The summed E-state index contributed by atoms with van der Waals surface area (Å²) in [6, 6.07) is 23.2. The van der Waals surface area contributed by atoms with Crippen molar-refractivity contribution in [3.8, 4) is 11.1 Å². The van der Waals surface area contributed by atoms with Gasteiger partial charge in [0.1, 0.15) is 0 Å². The predicted molar refractivity (Wildman–Crippen MR) is 106 cm³/mol. The van der Waals surface area contributed by atoms with Crippen molar-refractivity contribution in [2.24, 2.45) is 0 Å². The van der Waals surface area contributed by atoms with Gasteiger partial charge in [-0.3, -0.25) is 9.59 Å². The number of amides is 2. The highest BCUT2D eigenvalue weighted by Crippen LogP contribution is 2.32. The summed E-state index contributed by atoms with van der Waals surface area (Å²) in [6.45, 7) is 0. The third-order valence-electron chi connectivity index (χ3n) is 4.12. The zero-order chi connectivity index (χ0) is 17.9. The number of rotatable bonds is 3. The summed E-state index contributed by atoms with van der Waals surface area (Å²) in [5.74, 6) is 0.161. The standard InChI is InChI=1S/C21H16N2O2S/c24-20-13-26-19-11-8-16(12-18(19)23-20)21(25)22-17-9-6-15(7-10-17)14-4-2-1-3-5-14/h1-12H,13H2,(H,22,25)(H,23,24). The van der Waals surface area contributed by atoms with Gasteiger partial charge in [0.25, 0.3) is 5.91 Å². The molecule has 4 rings (SSSR count). The van der Waals surface area contributed by atoms with Crippen molar-refractivity contribution >= 4 is 35.0 Å². The number of fused-ring (bicyclic) bond motifs is 1. The molecule has 3 aromatic carbocycles. The molecule has 5 heteroatoms. The summed E-state index contributed by atoms with van der Waals surface area (Å²) in [5.41, 5.74) is 4.16. The van der Waals surface area contributed by atoms with Crippen LogP contribution in [0.5, 0.6) is 0 Å². The molecule has 0 spiro atoms. The minimum atomic E-state index is -0.204. The molecule has 1 aliphatic heterocycles. The summed E-state index contributed by atoms with van der Waals surface area (Å²) >= 11 is 1.48. The minimum Gasteiger partial charge on any atom is -0.324 e. The number of benzene rings is 3. The Kier molecular flexibility index (Phi) is 4.46. The first-order valence-electron chi connectivity index (χ1n) is 8.22. The summed E-state index contributed by atoms with van der Waals surface area (Å²) in [6.07, 6.45) is 0. The maximum absolute atomic E-state index is 12.5. The SMILES string of the molecule is O=C1CSc2ccc(C(=O)Nc3ccc(-c4ccccc4)cc3)cc2N1. The molecule has 128 valence electrons. The molecule has 2 N–H and O–H groups in total. The first kappa shape index (κ1) is 16.4. The maximum Gasteiger partial charge on any atom is 0.255 e. The van der Waals surface area contributed by atoms with E-state index >= 15 is 0 Å². The van der Waals surface area contributed by atoms with Gasteiger partial charge in [-0.05, 0) is 41.5 Å². The van der Waals surface area contributed by atoms with E-state index in [1.54, 1.807) is 12.1 Å². The molecule has 0 fully saturated rings. The average molecular weight is 360 g/mol. The van der Waals surface area contributed by atoms with Crippen LogP contribution in [0.25, 0.3) is 11.1 Å². The molecule has 4 nitrogen and oxygen atoms in total. The number of carbonyl (C=O) groups excluding carboxylic acids is 2. The second-order valence-corrected chi connectivity index (χ2v) is 6.96. The van der Waals surface area contributed by atoms with Crippen LogP contribution in [0, 0.1) is 0 Å². The predicted octanol–water partition coefficient (Wildman–Crippen LogP) is 4.65. The van der Waals surface area contributed by atoms with Gasteiger partial charge in [-0.25, -0.2) is 0 Å². The zero-order valence-electron chi connectivity index (χ0n) is 13.9. The monoisotopic (exact) mass is 360 g/mol. The normalized spacial score (nSPS) is 12.8.